The van der Waals surface area contributed by atoms with E-state index in [4.69, 9.17) is 21.4 Å². The third-order valence-electron chi connectivity index (χ3n) is 6.41. The van der Waals surface area contributed by atoms with Crippen LogP contribution in [-0.2, 0) is 4.74 Å². The molecule has 170 valence electrons. The molecule has 1 fully saturated rings. The topological polar surface area (TPSA) is 40.9 Å². The molecule has 0 saturated carbocycles. The summed E-state index contributed by atoms with van der Waals surface area (Å²) in [6.45, 7) is 12.0. The lowest BCUT2D eigenvalue weighted by Crippen LogP contribution is -2.41. The van der Waals surface area contributed by atoms with Crippen LogP contribution in [0.15, 0.2) is 52.9 Å². The minimum absolute atomic E-state index is 0.0252. The number of ether oxygens (including phenoxy) is 1. The van der Waals surface area contributed by atoms with Gasteiger partial charge in [-0.2, -0.15) is 0 Å². The second-order valence-electron chi connectivity index (χ2n) is 8.54. The molecular weight excluding hydrogens is 418 g/mol. The molecule has 32 heavy (non-hydrogen) atoms. The van der Waals surface area contributed by atoms with Crippen LogP contribution in [0.1, 0.15) is 36.3 Å². The Balaban J connectivity index is 1.51. The zero-order valence-electron chi connectivity index (χ0n) is 19.3. The molecule has 6 heteroatoms. The van der Waals surface area contributed by atoms with Crippen molar-refractivity contribution in [2.24, 2.45) is 0 Å². The molecule has 5 nitrogen and oxygen atoms in total. The standard InChI is InChI=1S/C26H33N3O2S/c1-19-8-6-10-23(20(19)2)27-26(32)29(13-7-12-28-14-16-30-17-15-28)21(3)25-18-22-9-4-5-11-24(22)31-25/h4-6,8-11,18,21H,7,12-17H2,1-3H3,(H,27,32)/t21-/m0/s1. The second-order valence-corrected chi connectivity index (χ2v) is 8.93. The molecule has 3 aromatic rings. The van der Waals surface area contributed by atoms with Gasteiger partial charge in [-0.05, 0) is 68.7 Å². The van der Waals surface area contributed by atoms with Gasteiger partial charge in [0.2, 0.25) is 0 Å². The van der Waals surface area contributed by atoms with Crippen LogP contribution >= 0.6 is 12.2 Å². The molecule has 0 spiro atoms. The second kappa shape index (κ2) is 10.5. The van der Waals surface area contributed by atoms with Gasteiger partial charge in [0, 0.05) is 37.3 Å². The minimum Gasteiger partial charge on any atom is -0.459 e. The SMILES string of the molecule is Cc1cccc(NC(=S)N(CCCN2CCOCC2)[C@@H](C)c2cc3ccccc3o2)c1C. The molecule has 0 radical (unpaired) electrons. The van der Waals surface area contributed by atoms with Crippen molar-refractivity contribution in [1.82, 2.24) is 9.80 Å². The molecule has 0 amide bonds. The molecule has 1 atom stereocenters. The van der Waals surface area contributed by atoms with E-state index in [-0.39, 0.29) is 6.04 Å². The molecule has 2 aromatic carbocycles. The normalized spacial score (nSPS) is 15.6. The zero-order valence-corrected chi connectivity index (χ0v) is 20.1. The van der Waals surface area contributed by atoms with E-state index < -0.39 is 0 Å². The van der Waals surface area contributed by atoms with E-state index in [0.717, 1.165) is 73.3 Å². The van der Waals surface area contributed by atoms with Crippen molar-refractivity contribution in [3.05, 3.63) is 65.4 Å². The monoisotopic (exact) mass is 451 g/mol. The molecular formula is C26H33N3O2S. The van der Waals surface area contributed by atoms with E-state index >= 15 is 0 Å². The van der Waals surface area contributed by atoms with Gasteiger partial charge in [0.25, 0.3) is 0 Å². The minimum atomic E-state index is 0.0252. The first-order valence-electron chi connectivity index (χ1n) is 11.5. The Morgan fingerprint density at radius 1 is 1.12 bits per heavy atom. The van der Waals surface area contributed by atoms with Gasteiger partial charge in [0.05, 0.1) is 19.3 Å². The molecule has 1 aromatic heterocycles. The van der Waals surface area contributed by atoms with Gasteiger partial charge in [-0.1, -0.05) is 30.3 Å². The molecule has 1 saturated heterocycles. The quantitative estimate of drug-likeness (QED) is 0.476. The summed E-state index contributed by atoms with van der Waals surface area (Å²) in [6, 6.07) is 16.6. The van der Waals surface area contributed by atoms with Crippen molar-refractivity contribution in [2.75, 3.05) is 44.7 Å². The highest BCUT2D eigenvalue weighted by Crippen LogP contribution is 2.29. The number of nitrogens with one attached hydrogen (secondary N) is 1. The summed E-state index contributed by atoms with van der Waals surface area (Å²) in [5.41, 5.74) is 4.45. The highest BCUT2D eigenvalue weighted by Gasteiger charge is 2.23. The van der Waals surface area contributed by atoms with E-state index in [1.165, 1.54) is 11.1 Å². The fraction of sp³-hybridized carbons (Fsp3) is 0.423. The summed E-state index contributed by atoms with van der Waals surface area (Å²) in [5.74, 6) is 0.933. The first-order chi connectivity index (χ1) is 15.5. The van der Waals surface area contributed by atoms with Crippen molar-refractivity contribution in [1.29, 1.82) is 0 Å². The molecule has 0 bridgehead atoms. The van der Waals surface area contributed by atoms with Crippen molar-refractivity contribution < 1.29 is 9.15 Å². The Kier molecular flexibility index (Phi) is 7.45. The maximum Gasteiger partial charge on any atom is 0.174 e. The molecule has 0 aliphatic carbocycles. The lowest BCUT2D eigenvalue weighted by atomic mass is 10.1. The number of aryl methyl sites for hydroxylation is 1. The predicted molar refractivity (Wildman–Crippen MR) is 135 cm³/mol. The lowest BCUT2D eigenvalue weighted by molar-refractivity contribution is 0.0365. The maximum atomic E-state index is 6.19. The Bertz CT molecular complexity index is 1030. The number of nitrogens with zero attached hydrogens (tertiary/aromatic N) is 2. The zero-order chi connectivity index (χ0) is 22.5. The van der Waals surface area contributed by atoms with Crippen molar-refractivity contribution in [2.45, 2.75) is 33.2 Å². The summed E-state index contributed by atoms with van der Waals surface area (Å²) in [6.07, 6.45) is 1.03. The van der Waals surface area contributed by atoms with Crippen LogP contribution in [-0.4, -0.2) is 54.3 Å². The molecule has 1 aliphatic heterocycles. The third kappa shape index (κ3) is 5.31. The summed E-state index contributed by atoms with van der Waals surface area (Å²) in [7, 11) is 0. The van der Waals surface area contributed by atoms with Gasteiger partial charge >= 0.3 is 0 Å². The highest BCUT2D eigenvalue weighted by atomic mass is 32.1. The van der Waals surface area contributed by atoms with Crippen LogP contribution in [0.4, 0.5) is 5.69 Å². The van der Waals surface area contributed by atoms with Gasteiger partial charge in [-0.15, -0.1) is 0 Å². The van der Waals surface area contributed by atoms with Crippen LogP contribution < -0.4 is 5.32 Å². The fourth-order valence-corrected chi connectivity index (χ4v) is 4.56. The summed E-state index contributed by atoms with van der Waals surface area (Å²) < 4.78 is 11.7. The number of anilines is 1. The number of benzene rings is 2. The molecule has 4 rings (SSSR count). The third-order valence-corrected chi connectivity index (χ3v) is 6.74. The number of morpholine rings is 1. The van der Waals surface area contributed by atoms with Gasteiger partial charge in [-0.3, -0.25) is 4.90 Å². The van der Waals surface area contributed by atoms with Crippen LogP contribution in [0, 0.1) is 13.8 Å². The van der Waals surface area contributed by atoms with Gasteiger partial charge in [0.1, 0.15) is 11.3 Å². The van der Waals surface area contributed by atoms with Crippen LogP contribution in [0.2, 0.25) is 0 Å². The number of rotatable bonds is 7. The molecule has 0 unspecified atom stereocenters. The number of hydrogen-bond donors (Lipinski definition) is 1. The molecule has 1 N–H and O–H groups in total. The summed E-state index contributed by atoms with van der Waals surface area (Å²) in [4.78, 5) is 4.73. The van der Waals surface area contributed by atoms with Crippen molar-refractivity contribution >= 4 is 34.0 Å². The van der Waals surface area contributed by atoms with E-state index in [1.54, 1.807) is 0 Å². The summed E-state index contributed by atoms with van der Waals surface area (Å²) in [5, 5.41) is 5.36. The highest BCUT2D eigenvalue weighted by molar-refractivity contribution is 7.80. The number of furan rings is 1. The van der Waals surface area contributed by atoms with Crippen LogP contribution in [0.5, 0.6) is 0 Å². The van der Waals surface area contributed by atoms with E-state index in [2.05, 4.69) is 66.2 Å². The largest absolute Gasteiger partial charge is 0.459 e. The van der Waals surface area contributed by atoms with Gasteiger partial charge in [0.15, 0.2) is 5.11 Å². The van der Waals surface area contributed by atoms with Crippen LogP contribution in [0.25, 0.3) is 11.0 Å². The smallest absolute Gasteiger partial charge is 0.174 e. The Hall–Kier alpha value is -2.41. The van der Waals surface area contributed by atoms with E-state index in [0.29, 0.717) is 0 Å². The fourth-order valence-electron chi connectivity index (χ4n) is 4.20. The van der Waals surface area contributed by atoms with Crippen molar-refractivity contribution in [3.63, 3.8) is 0 Å². The van der Waals surface area contributed by atoms with Crippen molar-refractivity contribution in [3.8, 4) is 0 Å². The summed E-state index contributed by atoms with van der Waals surface area (Å²) >= 11 is 5.93. The average molecular weight is 452 g/mol. The molecule has 2 heterocycles. The first kappa shape index (κ1) is 22.8. The van der Waals surface area contributed by atoms with E-state index in [1.807, 2.05) is 18.2 Å². The number of fused-ring (bicyclic) bond motifs is 1. The van der Waals surface area contributed by atoms with Gasteiger partial charge in [-0.25, -0.2) is 0 Å². The number of hydrogen-bond acceptors (Lipinski definition) is 4. The van der Waals surface area contributed by atoms with Crippen LogP contribution in [0.3, 0.4) is 0 Å². The predicted octanol–water partition coefficient (Wildman–Crippen LogP) is 5.53. The molecule has 1 aliphatic rings. The van der Waals surface area contributed by atoms with E-state index in [9.17, 15) is 0 Å². The Labute approximate surface area is 196 Å². The Morgan fingerprint density at radius 2 is 1.91 bits per heavy atom. The van der Waals surface area contributed by atoms with Gasteiger partial charge < -0.3 is 19.4 Å². The Morgan fingerprint density at radius 3 is 2.69 bits per heavy atom. The number of para-hydroxylation sites is 1. The average Bonchev–Trinajstić information content (AvgIpc) is 3.24. The number of thiocarbonyl (C=S) groups is 1. The maximum absolute atomic E-state index is 6.19. The lowest BCUT2D eigenvalue weighted by Gasteiger charge is -2.33. The first-order valence-corrected chi connectivity index (χ1v) is 11.9.